The zero-order chi connectivity index (χ0) is 14.3. The van der Waals surface area contributed by atoms with Gasteiger partial charge in [0.05, 0.1) is 24.6 Å². The Bertz CT molecular complexity index is 417. The summed E-state index contributed by atoms with van der Waals surface area (Å²) in [4.78, 5) is 12.0. The van der Waals surface area contributed by atoms with Crippen LogP contribution in [-0.2, 0) is 18.2 Å². The van der Waals surface area contributed by atoms with Crippen LogP contribution in [0.2, 0.25) is 0 Å². The van der Waals surface area contributed by atoms with Crippen LogP contribution in [0.15, 0.2) is 0 Å². The fraction of sp³-hybridized carbons (Fsp3) is 0.667. The van der Waals surface area contributed by atoms with Gasteiger partial charge in [-0.2, -0.15) is 5.10 Å². The van der Waals surface area contributed by atoms with Crippen LogP contribution in [-0.4, -0.2) is 47.2 Å². The number of hydrogen-bond acceptors (Lipinski definition) is 5. The maximum absolute atomic E-state index is 12.0. The molecule has 4 N–H and O–H groups in total. The van der Waals surface area contributed by atoms with Gasteiger partial charge in [-0.05, 0) is 12.8 Å². The molecule has 0 unspecified atom stereocenters. The second-order valence-electron chi connectivity index (χ2n) is 4.13. The van der Waals surface area contributed by atoms with Crippen LogP contribution in [0.1, 0.15) is 29.5 Å². The zero-order valence-electron chi connectivity index (χ0n) is 11.5. The summed E-state index contributed by atoms with van der Waals surface area (Å²) in [7, 11) is 1.70. The first-order valence-electron chi connectivity index (χ1n) is 6.40. The number of aryl methyl sites for hydroxylation is 2. The van der Waals surface area contributed by atoms with Crippen LogP contribution >= 0.6 is 0 Å². The quantitative estimate of drug-likeness (QED) is 0.562. The van der Waals surface area contributed by atoms with Gasteiger partial charge in [0.1, 0.15) is 5.69 Å². The van der Waals surface area contributed by atoms with Gasteiger partial charge in [-0.15, -0.1) is 0 Å². The Hall–Kier alpha value is -1.60. The average Bonchev–Trinajstić information content (AvgIpc) is 2.68. The Labute approximate surface area is 112 Å². The number of nitrogens with zero attached hydrogens (tertiary/aromatic N) is 2. The van der Waals surface area contributed by atoms with Crippen molar-refractivity contribution in [1.82, 2.24) is 15.1 Å². The molecule has 0 fully saturated rings. The van der Waals surface area contributed by atoms with E-state index < -0.39 is 0 Å². The van der Waals surface area contributed by atoms with Crippen molar-refractivity contribution in [1.29, 1.82) is 0 Å². The van der Waals surface area contributed by atoms with Crippen molar-refractivity contribution in [3.63, 3.8) is 0 Å². The largest absolute Gasteiger partial charge is 0.395 e. The molecule has 0 saturated carbocycles. The molecule has 1 rings (SSSR count). The Balaban J connectivity index is 2.43. The van der Waals surface area contributed by atoms with E-state index in [0.29, 0.717) is 44.0 Å². The molecule has 0 radical (unpaired) electrons. The molecule has 0 spiro atoms. The van der Waals surface area contributed by atoms with E-state index in [-0.39, 0.29) is 12.5 Å². The van der Waals surface area contributed by atoms with Gasteiger partial charge in [0.25, 0.3) is 5.91 Å². The average molecular weight is 270 g/mol. The molecule has 0 saturated heterocycles. The van der Waals surface area contributed by atoms with Crippen molar-refractivity contribution in [3.05, 3.63) is 11.4 Å². The zero-order valence-corrected chi connectivity index (χ0v) is 11.5. The molecule has 0 aliphatic heterocycles. The minimum atomic E-state index is -0.227. The number of amides is 1. The number of aromatic nitrogens is 2. The van der Waals surface area contributed by atoms with E-state index in [2.05, 4.69) is 10.4 Å². The van der Waals surface area contributed by atoms with Crippen molar-refractivity contribution in [2.75, 3.05) is 32.1 Å². The van der Waals surface area contributed by atoms with Gasteiger partial charge in [-0.1, -0.05) is 6.92 Å². The van der Waals surface area contributed by atoms with E-state index in [0.717, 1.165) is 5.69 Å². The molecule has 7 heteroatoms. The number of aliphatic hydroxyl groups excluding tert-OH is 1. The summed E-state index contributed by atoms with van der Waals surface area (Å²) in [5.74, 6) is -0.227. The number of nitrogens with one attached hydrogen (secondary N) is 1. The van der Waals surface area contributed by atoms with Crippen LogP contribution in [0.5, 0.6) is 0 Å². The van der Waals surface area contributed by atoms with E-state index in [1.54, 1.807) is 7.05 Å². The fourth-order valence-electron chi connectivity index (χ4n) is 1.75. The summed E-state index contributed by atoms with van der Waals surface area (Å²) in [6, 6.07) is 0. The SMILES string of the molecule is CCc1nn(C)c(C(=O)NCCCOCCO)c1N. The summed E-state index contributed by atoms with van der Waals surface area (Å²) in [6.07, 6.45) is 1.38. The number of ether oxygens (including phenoxy) is 1. The highest BCUT2D eigenvalue weighted by atomic mass is 16.5. The van der Waals surface area contributed by atoms with Gasteiger partial charge >= 0.3 is 0 Å². The van der Waals surface area contributed by atoms with Crippen LogP contribution in [0.4, 0.5) is 5.69 Å². The standard InChI is InChI=1S/C12H22N4O3/c1-3-9-10(13)11(16(2)15-9)12(18)14-5-4-7-19-8-6-17/h17H,3-8,13H2,1-2H3,(H,14,18). The summed E-state index contributed by atoms with van der Waals surface area (Å²) < 4.78 is 6.60. The third-order valence-corrected chi connectivity index (χ3v) is 2.70. The molecule has 0 aliphatic carbocycles. The van der Waals surface area contributed by atoms with Crippen LogP contribution in [0.25, 0.3) is 0 Å². The normalized spacial score (nSPS) is 10.7. The number of hydrogen-bond donors (Lipinski definition) is 3. The monoisotopic (exact) mass is 270 g/mol. The summed E-state index contributed by atoms with van der Waals surface area (Å²) >= 11 is 0. The minimum absolute atomic E-state index is 0.0116. The second kappa shape index (κ2) is 7.75. The molecule has 108 valence electrons. The Morgan fingerprint density at radius 3 is 2.84 bits per heavy atom. The third kappa shape index (κ3) is 4.22. The summed E-state index contributed by atoms with van der Waals surface area (Å²) in [6.45, 7) is 3.28. The lowest BCUT2D eigenvalue weighted by molar-refractivity contribution is 0.0864. The summed E-state index contributed by atoms with van der Waals surface area (Å²) in [5, 5.41) is 15.5. The van der Waals surface area contributed by atoms with E-state index in [1.807, 2.05) is 6.92 Å². The second-order valence-corrected chi connectivity index (χ2v) is 4.13. The molecule has 0 aromatic carbocycles. The van der Waals surface area contributed by atoms with Crippen molar-refractivity contribution in [2.24, 2.45) is 7.05 Å². The highest BCUT2D eigenvalue weighted by Crippen LogP contribution is 2.16. The first-order chi connectivity index (χ1) is 9.11. The van der Waals surface area contributed by atoms with E-state index in [4.69, 9.17) is 15.6 Å². The number of carbonyl (C=O) groups is 1. The van der Waals surface area contributed by atoms with Crippen molar-refractivity contribution in [2.45, 2.75) is 19.8 Å². The molecule has 7 nitrogen and oxygen atoms in total. The van der Waals surface area contributed by atoms with Gasteiger partial charge in [0.15, 0.2) is 0 Å². The fourth-order valence-corrected chi connectivity index (χ4v) is 1.75. The van der Waals surface area contributed by atoms with E-state index in [1.165, 1.54) is 4.68 Å². The number of anilines is 1. The molecule has 1 aromatic rings. The van der Waals surface area contributed by atoms with Gasteiger partial charge < -0.3 is 20.9 Å². The van der Waals surface area contributed by atoms with Crippen LogP contribution < -0.4 is 11.1 Å². The molecule has 19 heavy (non-hydrogen) atoms. The smallest absolute Gasteiger partial charge is 0.271 e. The topological polar surface area (TPSA) is 102 Å². The molecule has 1 amide bonds. The lowest BCUT2D eigenvalue weighted by Crippen LogP contribution is -2.28. The van der Waals surface area contributed by atoms with Gasteiger partial charge in [0.2, 0.25) is 0 Å². The summed E-state index contributed by atoms with van der Waals surface area (Å²) in [5.41, 5.74) is 7.46. The predicted octanol–water partition coefficient (Wildman–Crippen LogP) is -0.306. The lowest BCUT2D eigenvalue weighted by atomic mass is 10.2. The highest BCUT2D eigenvalue weighted by Gasteiger charge is 2.18. The maximum Gasteiger partial charge on any atom is 0.271 e. The van der Waals surface area contributed by atoms with Gasteiger partial charge in [-0.25, -0.2) is 0 Å². The maximum atomic E-state index is 12.0. The lowest BCUT2D eigenvalue weighted by Gasteiger charge is -2.06. The van der Waals surface area contributed by atoms with Crippen molar-refractivity contribution in [3.8, 4) is 0 Å². The molecule has 0 bridgehead atoms. The minimum Gasteiger partial charge on any atom is -0.395 e. The highest BCUT2D eigenvalue weighted by molar-refractivity contribution is 5.97. The van der Waals surface area contributed by atoms with Crippen LogP contribution in [0, 0.1) is 0 Å². The molecular weight excluding hydrogens is 248 g/mol. The Morgan fingerprint density at radius 2 is 2.26 bits per heavy atom. The molecule has 1 aromatic heterocycles. The number of nitrogens with two attached hydrogens (primary N) is 1. The molecular formula is C12H22N4O3. The van der Waals surface area contributed by atoms with Gasteiger partial charge in [-0.3, -0.25) is 9.48 Å². The molecule has 0 atom stereocenters. The molecule has 1 heterocycles. The first kappa shape index (κ1) is 15.5. The predicted molar refractivity (Wildman–Crippen MR) is 71.9 cm³/mol. The molecule has 0 aliphatic rings. The Kier molecular flexibility index (Phi) is 6.31. The van der Waals surface area contributed by atoms with Crippen LogP contribution in [0.3, 0.4) is 0 Å². The number of aliphatic hydroxyl groups is 1. The number of nitrogen functional groups attached to an aromatic ring is 1. The number of carbonyl (C=O) groups excluding carboxylic acids is 1. The van der Waals surface area contributed by atoms with E-state index in [9.17, 15) is 4.79 Å². The van der Waals surface area contributed by atoms with Crippen molar-refractivity contribution >= 4 is 11.6 Å². The number of rotatable bonds is 8. The van der Waals surface area contributed by atoms with Crippen molar-refractivity contribution < 1.29 is 14.6 Å². The first-order valence-corrected chi connectivity index (χ1v) is 6.40. The Morgan fingerprint density at radius 1 is 1.53 bits per heavy atom. The third-order valence-electron chi connectivity index (χ3n) is 2.70. The van der Waals surface area contributed by atoms with Gasteiger partial charge in [0, 0.05) is 20.2 Å². The van der Waals surface area contributed by atoms with E-state index >= 15 is 0 Å².